The Hall–Kier alpha value is -3.29. The molecule has 0 fully saturated rings. The lowest BCUT2D eigenvalue weighted by Gasteiger charge is -2.26. The molecular weight excluding hydrogens is 473 g/mol. The van der Waals surface area contributed by atoms with Crippen LogP contribution in [0.3, 0.4) is 0 Å². The molecule has 0 N–H and O–H groups in total. The normalized spacial score (nSPS) is 18.6. The van der Waals surface area contributed by atoms with Crippen molar-refractivity contribution in [1.29, 1.82) is 0 Å². The molecule has 35 heavy (non-hydrogen) atoms. The van der Waals surface area contributed by atoms with Gasteiger partial charge in [0.2, 0.25) is 0 Å². The summed E-state index contributed by atoms with van der Waals surface area (Å²) in [6.07, 6.45) is -2.38. The van der Waals surface area contributed by atoms with Crippen molar-refractivity contribution in [2.75, 3.05) is 0 Å². The van der Waals surface area contributed by atoms with E-state index in [2.05, 4.69) is 0 Å². The fraction of sp³-hybridized carbons (Fsp3) is 0.259. The summed E-state index contributed by atoms with van der Waals surface area (Å²) in [5, 5.41) is 0. The SMILES string of the molecule is CCC1CCC(c2ccc(C(F)(F)Oc3ccc(-c4cc(F)c(F)c(F)c4)cc3)cc2)C(F)=C1F. The molecule has 0 bridgehead atoms. The largest absolute Gasteiger partial charge is 0.429 e. The summed E-state index contributed by atoms with van der Waals surface area (Å²) in [5.74, 6) is -7.43. The standard InChI is InChI=1S/C27H21F7O/c1-2-15-7-12-21(25(31)24(15)30)17-3-8-19(9-4-17)27(33,34)35-20-10-5-16(6-11-20)18-13-22(28)26(32)23(29)14-18/h3-6,8-11,13-15,21H,2,7,12H2,1H3. The van der Waals surface area contributed by atoms with Gasteiger partial charge in [0.25, 0.3) is 0 Å². The summed E-state index contributed by atoms with van der Waals surface area (Å²) < 4.78 is 103. The lowest BCUT2D eigenvalue weighted by atomic mass is 9.81. The molecule has 184 valence electrons. The van der Waals surface area contributed by atoms with Gasteiger partial charge in [0.15, 0.2) is 17.5 Å². The van der Waals surface area contributed by atoms with Gasteiger partial charge in [0, 0.05) is 11.8 Å². The molecule has 2 atom stereocenters. The number of hydrogen-bond acceptors (Lipinski definition) is 1. The van der Waals surface area contributed by atoms with E-state index in [4.69, 9.17) is 4.74 Å². The third kappa shape index (κ3) is 5.06. The molecule has 0 saturated heterocycles. The van der Waals surface area contributed by atoms with Gasteiger partial charge >= 0.3 is 6.11 Å². The van der Waals surface area contributed by atoms with Gasteiger partial charge in [0.1, 0.15) is 17.4 Å². The van der Waals surface area contributed by atoms with E-state index in [1.54, 1.807) is 6.92 Å². The predicted octanol–water partition coefficient (Wildman–Crippen LogP) is 8.95. The van der Waals surface area contributed by atoms with Crippen molar-refractivity contribution in [3.8, 4) is 16.9 Å². The van der Waals surface area contributed by atoms with Crippen LogP contribution in [-0.2, 0) is 6.11 Å². The molecule has 0 heterocycles. The second kappa shape index (κ2) is 9.76. The van der Waals surface area contributed by atoms with Crippen LogP contribution in [0.15, 0.2) is 72.3 Å². The van der Waals surface area contributed by atoms with E-state index in [0.29, 0.717) is 24.8 Å². The first-order valence-corrected chi connectivity index (χ1v) is 11.1. The van der Waals surface area contributed by atoms with Crippen LogP contribution in [0.25, 0.3) is 11.1 Å². The summed E-state index contributed by atoms with van der Waals surface area (Å²) in [6, 6.07) is 11.4. The Bertz CT molecular complexity index is 1210. The molecular formula is C27H21F7O. The van der Waals surface area contributed by atoms with E-state index in [0.717, 1.165) is 24.3 Å². The number of rotatable bonds is 6. The summed E-state index contributed by atoms with van der Waals surface area (Å²) in [5.41, 5.74) is 0.207. The first kappa shape index (κ1) is 24.8. The van der Waals surface area contributed by atoms with Gasteiger partial charge in [-0.3, -0.25) is 0 Å². The van der Waals surface area contributed by atoms with Crippen LogP contribution in [0.5, 0.6) is 5.75 Å². The molecule has 0 aromatic heterocycles. The summed E-state index contributed by atoms with van der Waals surface area (Å²) in [6.45, 7) is 1.78. The third-order valence-corrected chi connectivity index (χ3v) is 6.26. The Morgan fingerprint density at radius 1 is 0.771 bits per heavy atom. The zero-order chi connectivity index (χ0) is 25.3. The van der Waals surface area contributed by atoms with Crippen LogP contribution in [0, 0.1) is 23.4 Å². The van der Waals surface area contributed by atoms with Crippen molar-refractivity contribution in [3.63, 3.8) is 0 Å². The fourth-order valence-corrected chi connectivity index (χ4v) is 4.23. The first-order valence-electron chi connectivity index (χ1n) is 11.1. The molecule has 0 spiro atoms. The Kier molecular flexibility index (Phi) is 6.92. The minimum atomic E-state index is -3.74. The Balaban J connectivity index is 1.49. The lowest BCUT2D eigenvalue weighted by molar-refractivity contribution is -0.185. The van der Waals surface area contributed by atoms with Crippen molar-refractivity contribution in [3.05, 3.63) is 101 Å². The maximum Gasteiger partial charge on any atom is 0.426 e. The number of ether oxygens (including phenoxy) is 1. The van der Waals surface area contributed by atoms with Gasteiger partial charge < -0.3 is 4.74 Å². The molecule has 0 radical (unpaired) electrons. The highest BCUT2D eigenvalue weighted by Gasteiger charge is 2.36. The number of allylic oxidation sites excluding steroid dienone is 2. The molecule has 1 nitrogen and oxygen atoms in total. The Morgan fingerprint density at radius 3 is 1.94 bits per heavy atom. The van der Waals surface area contributed by atoms with Crippen LogP contribution in [0.2, 0.25) is 0 Å². The van der Waals surface area contributed by atoms with E-state index in [9.17, 15) is 30.7 Å². The molecule has 1 aliphatic carbocycles. The minimum absolute atomic E-state index is 0.0287. The number of halogens is 7. The predicted molar refractivity (Wildman–Crippen MR) is 118 cm³/mol. The molecule has 3 aromatic rings. The van der Waals surface area contributed by atoms with Gasteiger partial charge in [-0.2, -0.15) is 8.78 Å². The smallest absolute Gasteiger partial charge is 0.426 e. The number of benzene rings is 3. The molecule has 8 heteroatoms. The van der Waals surface area contributed by atoms with Gasteiger partial charge in [-0.25, -0.2) is 22.0 Å². The van der Waals surface area contributed by atoms with Crippen molar-refractivity contribution in [2.24, 2.45) is 5.92 Å². The van der Waals surface area contributed by atoms with E-state index in [-0.39, 0.29) is 16.9 Å². The van der Waals surface area contributed by atoms with E-state index < -0.39 is 52.6 Å². The Labute approximate surface area is 197 Å². The van der Waals surface area contributed by atoms with E-state index in [1.807, 2.05) is 0 Å². The highest BCUT2D eigenvalue weighted by Crippen LogP contribution is 2.43. The van der Waals surface area contributed by atoms with Crippen molar-refractivity contribution < 1.29 is 35.5 Å². The highest BCUT2D eigenvalue weighted by atomic mass is 19.3. The number of alkyl halides is 2. The average Bonchev–Trinajstić information content (AvgIpc) is 2.84. The third-order valence-electron chi connectivity index (χ3n) is 6.26. The van der Waals surface area contributed by atoms with Crippen molar-refractivity contribution >= 4 is 0 Å². The first-order chi connectivity index (χ1) is 16.6. The molecule has 4 rings (SSSR count). The molecule has 0 amide bonds. The molecule has 1 aliphatic rings. The summed E-state index contributed by atoms with van der Waals surface area (Å²) >= 11 is 0. The van der Waals surface area contributed by atoms with Gasteiger partial charge in [0.05, 0.1) is 5.56 Å². The van der Waals surface area contributed by atoms with E-state index >= 15 is 0 Å². The average molecular weight is 494 g/mol. The van der Waals surface area contributed by atoms with E-state index in [1.165, 1.54) is 36.4 Å². The molecule has 0 aliphatic heterocycles. The number of hydrogen-bond donors (Lipinski definition) is 0. The quantitative estimate of drug-likeness (QED) is 0.246. The molecule has 2 unspecified atom stereocenters. The maximum atomic E-state index is 14.7. The van der Waals surface area contributed by atoms with Crippen molar-refractivity contribution in [1.82, 2.24) is 0 Å². The van der Waals surface area contributed by atoms with Crippen LogP contribution in [-0.4, -0.2) is 0 Å². The zero-order valence-corrected chi connectivity index (χ0v) is 18.6. The maximum absolute atomic E-state index is 14.7. The van der Waals surface area contributed by atoms with Gasteiger partial charge in [-0.05, 0) is 72.4 Å². The van der Waals surface area contributed by atoms with Crippen LogP contribution >= 0.6 is 0 Å². The van der Waals surface area contributed by atoms with Crippen LogP contribution in [0.4, 0.5) is 30.7 Å². The van der Waals surface area contributed by atoms with Crippen LogP contribution < -0.4 is 4.74 Å². The summed E-state index contributed by atoms with van der Waals surface area (Å²) in [4.78, 5) is 0. The second-order valence-electron chi connectivity index (χ2n) is 8.45. The monoisotopic (exact) mass is 494 g/mol. The lowest BCUT2D eigenvalue weighted by Crippen LogP contribution is -2.22. The Morgan fingerprint density at radius 2 is 1.37 bits per heavy atom. The highest BCUT2D eigenvalue weighted by molar-refractivity contribution is 5.64. The van der Waals surface area contributed by atoms with Gasteiger partial charge in [-0.15, -0.1) is 0 Å². The van der Waals surface area contributed by atoms with Crippen LogP contribution in [0.1, 0.15) is 43.2 Å². The van der Waals surface area contributed by atoms with Gasteiger partial charge in [-0.1, -0.05) is 31.2 Å². The topological polar surface area (TPSA) is 9.23 Å². The molecule has 3 aromatic carbocycles. The second-order valence-corrected chi connectivity index (χ2v) is 8.45. The molecule has 0 saturated carbocycles. The zero-order valence-electron chi connectivity index (χ0n) is 18.6. The minimum Gasteiger partial charge on any atom is -0.429 e. The summed E-state index contributed by atoms with van der Waals surface area (Å²) in [7, 11) is 0. The fourth-order valence-electron chi connectivity index (χ4n) is 4.23. The van der Waals surface area contributed by atoms with Crippen molar-refractivity contribution in [2.45, 2.75) is 38.2 Å².